The molecule has 2 heterocycles. The summed E-state index contributed by atoms with van der Waals surface area (Å²) < 4.78 is 23.5. The molecule has 0 bridgehead atoms. The van der Waals surface area contributed by atoms with Crippen LogP contribution in [-0.4, -0.2) is 36.1 Å². The van der Waals surface area contributed by atoms with Gasteiger partial charge in [-0.1, -0.05) is 35.3 Å². The van der Waals surface area contributed by atoms with Gasteiger partial charge in [0, 0.05) is 26.1 Å². The lowest BCUT2D eigenvalue weighted by atomic mass is 10.2. The molecule has 1 atom stereocenters. The summed E-state index contributed by atoms with van der Waals surface area (Å²) in [5.41, 5.74) is 1.88. The highest BCUT2D eigenvalue weighted by Gasteiger charge is 2.29. The number of nitrogens with one attached hydrogen (secondary N) is 1. The molecule has 1 N–H and O–H groups in total. The Morgan fingerprint density at radius 3 is 2.73 bits per heavy atom. The van der Waals surface area contributed by atoms with Crippen LogP contribution in [0.5, 0.6) is 0 Å². The highest BCUT2D eigenvalue weighted by atomic mass is 35.5. The van der Waals surface area contributed by atoms with Crippen molar-refractivity contribution in [1.29, 1.82) is 0 Å². The third-order valence-electron chi connectivity index (χ3n) is 4.55. The molecule has 30 heavy (non-hydrogen) atoms. The van der Waals surface area contributed by atoms with Crippen molar-refractivity contribution in [2.45, 2.75) is 16.6 Å². The maximum atomic E-state index is 12.9. The lowest BCUT2D eigenvalue weighted by Crippen LogP contribution is -2.14. The second kappa shape index (κ2) is 8.88. The molecular weight excluding hydrogens is 483 g/mol. The number of sulfone groups is 1. The third kappa shape index (κ3) is 5.00. The molecule has 0 spiro atoms. The molecule has 156 valence electrons. The lowest BCUT2D eigenvalue weighted by Gasteiger charge is -2.12. The summed E-state index contributed by atoms with van der Waals surface area (Å²) >= 11 is 14.9. The van der Waals surface area contributed by atoms with Gasteiger partial charge in [-0.3, -0.25) is 10.1 Å². The molecule has 10 heteroatoms. The first-order valence-electron chi connectivity index (χ1n) is 8.99. The van der Waals surface area contributed by atoms with E-state index in [0.29, 0.717) is 32.9 Å². The molecule has 1 aliphatic rings. The minimum atomic E-state index is -2.98. The second-order valence-corrected chi connectivity index (χ2v) is 12.0. The van der Waals surface area contributed by atoms with E-state index in [1.165, 1.54) is 23.1 Å². The van der Waals surface area contributed by atoms with Gasteiger partial charge in [-0.2, -0.15) is 0 Å². The second-order valence-electron chi connectivity index (χ2n) is 6.76. The number of anilines is 1. The minimum Gasteiger partial charge on any atom is -0.298 e. The molecule has 0 aliphatic carbocycles. The van der Waals surface area contributed by atoms with E-state index in [1.807, 2.05) is 17.5 Å². The van der Waals surface area contributed by atoms with Crippen molar-refractivity contribution >= 4 is 67.2 Å². The maximum Gasteiger partial charge on any atom is 0.258 e. The summed E-state index contributed by atoms with van der Waals surface area (Å²) in [5.74, 6) is 0.0570. The summed E-state index contributed by atoms with van der Waals surface area (Å²) in [6.07, 6.45) is 0.598. The molecule has 1 unspecified atom stereocenters. The Bertz CT molecular complexity index is 1210. The van der Waals surface area contributed by atoms with Gasteiger partial charge in [0.15, 0.2) is 15.0 Å². The fraction of sp³-hybridized carbons (Fsp3) is 0.200. The van der Waals surface area contributed by atoms with Crippen molar-refractivity contribution in [3.05, 3.63) is 63.5 Å². The van der Waals surface area contributed by atoms with Crippen LogP contribution in [0.25, 0.3) is 11.3 Å². The molecule has 2 aromatic carbocycles. The number of rotatable bonds is 5. The summed E-state index contributed by atoms with van der Waals surface area (Å²) in [6, 6.07) is 12.4. The molecule has 3 aromatic rings. The van der Waals surface area contributed by atoms with Crippen LogP contribution in [0.2, 0.25) is 10.0 Å². The van der Waals surface area contributed by atoms with E-state index in [1.54, 1.807) is 30.3 Å². The average molecular weight is 499 g/mol. The Labute approximate surface area is 192 Å². The Hall–Kier alpha value is -1.58. The van der Waals surface area contributed by atoms with Gasteiger partial charge in [-0.15, -0.1) is 23.1 Å². The first-order valence-corrected chi connectivity index (χ1v) is 13.3. The molecule has 5 nitrogen and oxygen atoms in total. The molecule has 1 amide bonds. The Balaban J connectivity index is 1.50. The van der Waals surface area contributed by atoms with Gasteiger partial charge < -0.3 is 0 Å². The van der Waals surface area contributed by atoms with Gasteiger partial charge in [-0.25, -0.2) is 13.4 Å². The molecule has 0 saturated carbocycles. The van der Waals surface area contributed by atoms with Crippen molar-refractivity contribution in [2.75, 3.05) is 16.8 Å². The minimum absolute atomic E-state index is 0.0394. The molecule has 0 radical (unpaired) electrons. The number of hydrogen-bond donors (Lipinski definition) is 1. The molecule has 1 fully saturated rings. The van der Waals surface area contributed by atoms with Gasteiger partial charge in [0.25, 0.3) is 5.91 Å². The van der Waals surface area contributed by atoms with Crippen LogP contribution in [0.3, 0.4) is 0 Å². The van der Waals surface area contributed by atoms with Crippen molar-refractivity contribution in [1.82, 2.24) is 4.98 Å². The van der Waals surface area contributed by atoms with Crippen LogP contribution in [-0.2, 0) is 9.84 Å². The number of hydrogen-bond acceptors (Lipinski definition) is 6. The van der Waals surface area contributed by atoms with Crippen LogP contribution in [0.4, 0.5) is 5.13 Å². The topological polar surface area (TPSA) is 76.1 Å². The number of amides is 1. The smallest absolute Gasteiger partial charge is 0.258 e. The molecule has 1 aromatic heterocycles. The number of aromatic nitrogens is 1. The normalized spacial score (nSPS) is 17.7. The molecule has 1 aliphatic heterocycles. The van der Waals surface area contributed by atoms with Crippen LogP contribution in [0.15, 0.2) is 52.7 Å². The van der Waals surface area contributed by atoms with E-state index in [9.17, 15) is 13.2 Å². The molecule has 4 rings (SSSR count). The van der Waals surface area contributed by atoms with Crippen molar-refractivity contribution < 1.29 is 13.2 Å². The average Bonchev–Trinajstić information content (AvgIpc) is 3.28. The zero-order valence-electron chi connectivity index (χ0n) is 15.5. The summed E-state index contributed by atoms with van der Waals surface area (Å²) in [6.45, 7) is 0. The van der Waals surface area contributed by atoms with Gasteiger partial charge in [0.2, 0.25) is 0 Å². The predicted octanol–water partition coefficient (Wildman–Crippen LogP) is 5.65. The highest BCUT2D eigenvalue weighted by molar-refractivity contribution is 8.02. The third-order valence-corrected chi connectivity index (χ3v) is 9.18. The fourth-order valence-corrected chi connectivity index (χ4v) is 7.94. The van der Waals surface area contributed by atoms with Crippen LogP contribution in [0.1, 0.15) is 16.8 Å². The monoisotopic (exact) mass is 498 g/mol. The van der Waals surface area contributed by atoms with Crippen molar-refractivity contribution in [3.63, 3.8) is 0 Å². The van der Waals surface area contributed by atoms with E-state index in [0.717, 1.165) is 10.5 Å². The van der Waals surface area contributed by atoms with E-state index in [4.69, 9.17) is 23.2 Å². The van der Waals surface area contributed by atoms with Crippen molar-refractivity contribution in [2.24, 2.45) is 0 Å². The number of carbonyl (C=O) groups is 1. The Kier molecular flexibility index (Phi) is 6.41. The van der Waals surface area contributed by atoms with Crippen LogP contribution < -0.4 is 5.32 Å². The number of benzene rings is 2. The fourth-order valence-electron chi connectivity index (χ4n) is 3.11. The number of thioether (sulfide) groups is 1. The lowest BCUT2D eigenvalue weighted by molar-refractivity contribution is 0.102. The predicted molar refractivity (Wildman–Crippen MR) is 125 cm³/mol. The van der Waals surface area contributed by atoms with E-state index in [2.05, 4.69) is 10.3 Å². The largest absolute Gasteiger partial charge is 0.298 e. The standard InChI is InChI=1S/C20H16Cl2N2O3S3/c21-12-5-6-14(16(22)9-12)17-10-28-20(23-17)24-19(25)15-3-1-2-4-18(15)29-13-7-8-30(26,27)11-13/h1-6,9-10,13H,7-8,11H2,(H,23,24,25). The number of thiazole rings is 1. The Morgan fingerprint density at radius 1 is 1.20 bits per heavy atom. The first-order chi connectivity index (χ1) is 14.3. The zero-order valence-corrected chi connectivity index (χ0v) is 19.4. The van der Waals surface area contributed by atoms with Crippen molar-refractivity contribution in [3.8, 4) is 11.3 Å². The first kappa shape index (κ1) is 21.6. The Morgan fingerprint density at radius 2 is 2.00 bits per heavy atom. The highest BCUT2D eigenvalue weighted by Crippen LogP contribution is 2.35. The molecular formula is C20H16Cl2N2O3S3. The van der Waals surface area contributed by atoms with Crippen LogP contribution >= 0.6 is 46.3 Å². The summed E-state index contributed by atoms with van der Waals surface area (Å²) in [5, 5.41) is 6.08. The number of nitrogens with zero attached hydrogens (tertiary/aromatic N) is 1. The molecule has 1 saturated heterocycles. The van der Waals surface area contributed by atoms with Gasteiger partial charge in [-0.05, 0) is 36.8 Å². The van der Waals surface area contributed by atoms with E-state index in [-0.39, 0.29) is 22.7 Å². The van der Waals surface area contributed by atoms with Gasteiger partial charge >= 0.3 is 0 Å². The zero-order chi connectivity index (χ0) is 21.3. The number of halogens is 2. The van der Waals surface area contributed by atoms with Gasteiger partial charge in [0.05, 0.1) is 27.8 Å². The van der Waals surface area contributed by atoms with Gasteiger partial charge in [0.1, 0.15) is 0 Å². The van der Waals surface area contributed by atoms with Crippen LogP contribution in [0, 0.1) is 0 Å². The quantitative estimate of drug-likeness (QED) is 0.491. The summed E-state index contributed by atoms with van der Waals surface area (Å²) in [4.78, 5) is 18.1. The SMILES string of the molecule is O=C(Nc1nc(-c2ccc(Cl)cc2Cl)cs1)c1ccccc1SC1CCS(=O)(=O)C1. The van der Waals surface area contributed by atoms with E-state index < -0.39 is 9.84 Å². The maximum absolute atomic E-state index is 12.9. The summed E-state index contributed by atoms with van der Waals surface area (Å²) in [7, 11) is -2.98. The number of carbonyl (C=O) groups excluding carboxylic acids is 1. The van der Waals surface area contributed by atoms with E-state index >= 15 is 0 Å².